The third-order valence-electron chi connectivity index (χ3n) is 2.27. The Morgan fingerprint density at radius 2 is 0.864 bits per heavy atom. The lowest BCUT2D eigenvalue weighted by Gasteiger charge is -2.07. The number of ether oxygens (including phenoxy) is 6. The topological polar surface area (TPSA) is 55.4 Å². The molecule has 0 aromatic rings. The molecule has 0 radical (unpaired) electrons. The monoisotopic (exact) mass is 382 g/mol. The molecule has 0 fully saturated rings. The zero-order chi connectivity index (χ0) is 16.1. The lowest BCUT2D eigenvalue weighted by Crippen LogP contribution is -2.14. The van der Waals surface area contributed by atoms with Crippen LogP contribution in [-0.4, -0.2) is 84.6 Å². The van der Waals surface area contributed by atoms with Crippen LogP contribution >= 0.6 is 15.9 Å². The zero-order valence-electron chi connectivity index (χ0n) is 13.1. The van der Waals surface area contributed by atoms with E-state index in [2.05, 4.69) is 21.9 Å². The summed E-state index contributed by atoms with van der Waals surface area (Å²) >= 11 is 3.28. The number of terminal acetylenes is 1. The SMILES string of the molecule is C#CCOCCOCCOCCOCCOCCOCCBr. The van der Waals surface area contributed by atoms with Gasteiger partial charge < -0.3 is 28.4 Å². The Bertz CT molecular complexity index is 247. The van der Waals surface area contributed by atoms with Crippen LogP contribution in [0.4, 0.5) is 0 Å². The van der Waals surface area contributed by atoms with Gasteiger partial charge in [0.15, 0.2) is 0 Å². The Hall–Kier alpha value is -0.200. The maximum Gasteiger partial charge on any atom is 0.107 e. The first-order valence-electron chi connectivity index (χ1n) is 7.37. The van der Waals surface area contributed by atoms with Gasteiger partial charge in [-0.25, -0.2) is 0 Å². The first kappa shape index (κ1) is 21.8. The van der Waals surface area contributed by atoms with E-state index in [0.717, 1.165) is 5.33 Å². The van der Waals surface area contributed by atoms with Gasteiger partial charge in [-0.1, -0.05) is 21.9 Å². The molecule has 0 atom stereocenters. The maximum atomic E-state index is 5.36. The van der Waals surface area contributed by atoms with Crippen LogP contribution in [0, 0.1) is 12.3 Å². The molecule has 0 heterocycles. The molecule has 0 spiro atoms. The van der Waals surface area contributed by atoms with E-state index < -0.39 is 0 Å². The molecule has 0 aromatic carbocycles. The Labute approximate surface area is 141 Å². The third-order valence-corrected chi connectivity index (χ3v) is 2.59. The van der Waals surface area contributed by atoms with E-state index >= 15 is 0 Å². The van der Waals surface area contributed by atoms with Crippen LogP contribution in [-0.2, 0) is 28.4 Å². The second kappa shape index (κ2) is 20.8. The quantitative estimate of drug-likeness (QED) is 0.201. The third kappa shape index (κ3) is 19.8. The van der Waals surface area contributed by atoms with Gasteiger partial charge in [-0.3, -0.25) is 0 Å². The second-order valence-electron chi connectivity index (χ2n) is 4.01. The summed E-state index contributed by atoms with van der Waals surface area (Å²) in [5, 5.41) is 0.848. The van der Waals surface area contributed by atoms with E-state index in [1.54, 1.807) is 0 Å². The number of hydrogen-bond donors (Lipinski definition) is 0. The van der Waals surface area contributed by atoms with Gasteiger partial charge in [0.05, 0.1) is 72.7 Å². The predicted molar refractivity (Wildman–Crippen MR) is 87.5 cm³/mol. The summed E-state index contributed by atoms with van der Waals surface area (Å²) in [6.07, 6.45) is 5.04. The van der Waals surface area contributed by atoms with Crippen LogP contribution in [0.1, 0.15) is 0 Å². The van der Waals surface area contributed by atoms with E-state index in [0.29, 0.717) is 79.3 Å². The summed E-state index contributed by atoms with van der Waals surface area (Å²) < 4.78 is 31.6. The summed E-state index contributed by atoms with van der Waals surface area (Å²) in [4.78, 5) is 0. The minimum atomic E-state index is 0.324. The Morgan fingerprint density at radius 3 is 1.18 bits per heavy atom. The molecule has 0 rings (SSSR count). The van der Waals surface area contributed by atoms with Gasteiger partial charge in [-0.2, -0.15) is 0 Å². The van der Waals surface area contributed by atoms with Gasteiger partial charge in [0.25, 0.3) is 0 Å². The number of rotatable bonds is 18. The van der Waals surface area contributed by atoms with Crippen molar-refractivity contribution >= 4 is 15.9 Å². The molecule has 0 saturated carbocycles. The van der Waals surface area contributed by atoms with Gasteiger partial charge in [-0.05, 0) is 0 Å². The molecule has 0 bridgehead atoms. The molecule has 0 amide bonds. The predicted octanol–water partition coefficient (Wildman–Crippen LogP) is 1.11. The van der Waals surface area contributed by atoms with Crippen molar-refractivity contribution in [3.8, 4) is 12.3 Å². The van der Waals surface area contributed by atoms with Gasteiger partial charge in [-0.15, -0.1) is 6.42 Å². The molecule has 0 aliphatic rings. The van der Waals surface area contributed by atoms with Crippen molar-refractivity contribution in [1.82, 2.24) is 0 Å². The minimum absolute atomic E-state index is 0.324. The van der Waals surface area contributed by atoms with Gasteiger partial charge in [0.1, 0.15) is 6.61 Å². The number of hydrogen-bond acceptors (Lipinski definition) is 6. The smallest absolute Gasteiger partial charge is 0.107 e. The lowest BCUT2D eigenvalue weighted by molar-refractivity contribution is -0.0148. The van der Waals surface area contributed by atoms with Gasteiger partial charge in [0, 0.05) is 5.33 Å². The van der Waals surface area contributed by atoms with Crippen molar-refractivity contribution in [3.63, 3.8) is 0 Å². The molecule has 22 heavy (non-hydrogen) atoms. The largest absolute Gasteiger partial charge is 0.378 e. The summed E-state index contributed by atoms with van der Waals surface area (Å²) in [6.45, 7) is 6.58. The van der Waals surface area contributed by atoms with Crippen LogP contribution in [0.3, 0.4) is 0 Å². The zero-order valence-corrected chi connectivity index (χ0v) is 14.7. The van der Waals surface area contributed by atoms with E-state index in [1.807, 2.05) is 0 Å². The first-order chi connectivity index (χ1) is 10.9. The van der Waals surface area contributed by atoms with E-state index in [1.165, 1.54) is 0 Å². The Kier molecular flexibility index (Phi) is 20.6. The average molecular weight is 383 g/mol. The molecule has 0 unspecified atom stereocenters. The van der Waals surface area contributed by atoms with Crippen LogP contribution in [0.15, 0.2) is 0 Å². The summed E-state index contributed by atoms with van der Waals surface area (Å²) in [5.74, 6) is 2.39. The van der Waals surface area contributed by atoms with Crippen LogP contribution in [0.25, 0.3) is 0 Å². The standard InChI is InChI=1S/C15H27BrO6/c1-2-4-17-6-8-19-10-12-21-14-15-22-13-11-20-9-7-18-5-3-16/h1H,3-15H2. The van der Waals surface area contributed by atoms with Gasteiger partial charge in [0.2, 0.25) is 0 Å². The molecule has 7 heteroatoms. The molecule has 0 aliphatic heterocycles. The highest BCUT2D eigenvalue weighted by molar-refractivity contribution is 9.09. The molecular weight excluding hydrogens is 356 g/mol. The number of halogens is 1. The molecular formula is C15H27BrO6. The summed E-state index contributed by atoms with van der Waals surface area (Å²) in [7, 11) is 0. The van der Waals surface area contributed by atoms with Crippen LogP contribution < -0.4 is 0 Å². The first-order valence-corrected chi connectivity index (χ1v) is 8.50. The fourth-order valence-electron chi connectivity index (χ4n) is 1.29. The molecule has 0 aromatic heterocycles. The molecule has 0 aliphatic carbocycles. The van der Waals surface area contributed by atoms with E-state index in [4.69, 9.17) is 34.8 Å². The summed E-state index contributed by atoms with van der Waals surface area (Å²) in [5.41, 5.74) is 0. The van der Waals surface area contributed by atoms with Crippen molar-refractivity contribution in [3.05, 3.63) is 0 Å². The fourth-order valence-corrected chi connectivity index (χ4v) is 1.51. The summed E-state index contributed by atoms with van der Waals surface area (Å²) in [6, 6.07) is 0. The van der Waals surface area contributed by atoms with Crippen molar-refractivity contribution < 1.29 is 28.4 Å². The Balaban J connectivity index is 2.93. The van der Waals surface area contributed by atoms with Crippen LogP contribution in [0.2, 0.25) is 0 Å². The average Bonchev–Trinajstić information content (AvgIpc) is 2.54. The maximum absolute atomic E-state index is 5.36. The van der Waals surface area contributed by atoms with Gasteiger partial charge >= 0.3 is 0 Å². The van der Waals surface area contributed by atoms with Crippen molar-refractivity contribution in [2.24, 2.45) is 0 Å². The van der Waals surface area contributed by atoms with Crippen molar-refractivity contribution in [2.75, 3.05) is 84.6 Å². The highest BCUT2D eigenvalue weighted by Gasteiger charge is 1.93. The molecule has 0 saturated heterocycles. The fraction of sp³-hybridized carbons (Fsp3) is 0.867. The van der Waals surface area contributed by atoms with Crippen molar-refractivity contribution in [1.29, 1.82) is 0 Å². The normalized spacial score (nSPS) is 10.7. The van der Waals surface area contributed by atoms with Crippen molar-refractivity contribution in [2.45, 2.75) is 0 Å². The molecule has 130 valence electrons. The van der Waals surface area contributed by atoms with E-state index in [-0.39, 0.29) is 0 Å². The highest BCUT2D eigenvalue weighted by Crippen LogP contribution is 1.85. The van der Waals surface area contributed by atoms with E-state index in [9.17, 15) is 0 Å². The minimum Gasteiger partial charge on any atom is -0.378 e. The number of alkyl halides is 1. The molecule has 6 nitrogen and oxygen atoms in total. The second-order valence-corrected chi connectivity index (χ2v) is 4.80. The van der Waals surface area contributed by atoms with Crippen LogP contribution in [0.5, 0.6) is 0 Å². The highest BCUT2D eigenvalue weighted by atomic mass is 79.9. The molecule has 0 N–H and O–H groups in total. The Morgan fingerprint density at radius 1 is 0.545 bits per heavy atom. The lowest BCUT2D eigenvalue weighted by atomic mass is 10.7.